The first kappa shape index (κ1) is 9.32. The molecule has 0 aliphatic rings. The van der Waals surface area contributed by atoms with Gasteiger partial charge < -0.3 is 0 Å². The van der Waals surface area contributed by atoms with Gasteiger partial charge in [-0.05, 0) is 18.8 Å². The van der Waals surface area contributed by atoms with Crippen LogP contribution in [-0.4, -0.2) is 5.88 Å². The van der Waals surface area contributed by atoms with E-state index in [9.17, 15) is 0 Å². The monoisotopic (exact) mass is 166 g/mol. The lowest BCUT2D eigenvalue weighted by molar-refractivity contribution is 0.601. The molecule has 54 valence electrons. The van der Waals surface area contributed by atoms with E-state index < -0.39 is 0 Å². The zero-order chi connectivity index (χ0) is 7.11. The van der Waals surface area contributed by atoms with Crippen LogP contribution < -0.4 is 0 Å². The van der Waals surface area contributed by atoms with Gasteiger partial charge in [0.05, 0.1) is 0 Å². The summed E-state index contributed by atoms with van der Waals surface area (Å²) in [6, 6.07) is 0. The topological polar surface area (TPSA) is 0 Å². The molecule has 0 aromatic carbocycles. The van der Waals surface area contributed by atoms with E-state index in [1.54, 1.807) is 5.54 Å². The van der Waals surface area contributed by atoms with E-state index >= 15 is 0 Å². The number of rotatable bonds is 4. The van der Waals surface area contributed by atoms with Gasteiger partial charge in [0, 0.05) is 11.4 Å². The standard InChI is InChI=1S/C7H12Cl2/c1-7(6-9)4-2-3-5-8/h3,5,7H,2,4,6H2,1H3. The Balaban J connectivity index is 3.06. The Bertz CT molecular complexity index is 79.0. The van der Waals surface area contributed by atoms with Crippen molar-refractivity contribution in [3.8, 4) is 0 Å². The molecule has 0 saturated carbocycles. The Hall–Kier alpha value is 0.320. The molecule has 0 aliphatic carbocycles. The van der Waals surface area contributed by atoms with Crippen molar-refractivity contribution >= 4 is 23.2 Å². The van der Waals surface area contributed by atoms with Crippen LogP contribution in [0.1, 0.15) is 19.8 Å². The second kappa shape index (κ2) is 6.44. The van der Waals surface area contributed by atoms with Gasteiger partial charge in [-0.15, -0.1) is 11.6 Å². The lowest BCUT2D eigenvalue weighted by atomic mass is 10.1. The largest absolute Gasteiger partial charge is 0.126 e. The normalized spacial score (nSPS) is 14.6. The van der Waals surface area contributed by atoms with Crippen LogP contribution in [0.15, 0.2) is 11.6 Å². The highest BCUT2D eigenvalue weighted by Crippen LogP contribution is 2.07. The predicted octanol–water partition coefficient (Wildman–Crippen LogP) is 3.39. The van der Waals surface area contributed by atoms with Crippen molar-refractivity contribution in [3.05, 3.63) is 11.6 Å². The van der Waals surface area contributed by atoms with Gasteiger partial charge in [-0.1, -0.05) is 24.6 Å². The van der Waals surface area contributed by atoms with E-state index in [0.717, 1.165) is 18.7 Å². The SMILES string of the molecule is CC(CCl)CCC=CCl. The lowest BCUT2D eigenvalue weighted by Crippen LogP contribution is -1.93. The Morgan fingerprint density at radius 3 is 2.67 bits per heavy atom. The Labute approximate surface area is 66.8 Å². The van der Waals surface area contributed by atoms with Gasteiger partial charge in [-0.25, -0.2) is 0 Å². The van der Waals surface area contributed by atoms with Crippen LogP contribution in [0, 0.1) is 5.92 Å². The van der Waals surface area contributed by atoms with Gasteiger partial charge in [0.1, 0.15) is 0 Å². The maximum atomic E-state index is 5.57. The first-order valence-electron chi connectivity index (χ1n) is 3.12. The Kier molecular flexibility index (Phi) is 6.67. The second-order valence-corrected chi connectivity index (χ2v) is 2.76. The first-order valence-corrected chi connectivity index (χ1v) is 4.09. The number of hydrogen-bond donors (Lipinski definition) is 0. The third-order valence-corrected chi connectivity index (χ3v) is 1.88. The molecular formula is C7H12Cl2. The van der Waals surface area contributed by atoms with Crippen LogP contribution in [0.4, 0.5) is 0 Å². The molecular weight excluding hydrogens is 155 g/mol. The summed E-state index contributed by atoms with van der Waals surface area (Å²) in [7, 11) is 0. The highest BCUT2D eigenvalue weighted by atomic mass is 35.5. The van der Waals surface area contributed by atoms with E-state index in [2.05, 4.69) is 6.92 Å². The maximum Gasteiger partial charge on any atom is 0.0249 e. The molecule has 0 fully saturated rings. The molecule has 0 nitrogen and oxygen atoms in total. The third-order valence-electron chi connectivity index (χ3n) is 1.18. The van der Waals surface area contributed by atoms with Gasteiger partial charge in [-0.2, -0.15) is 0 Å². The van der Waals surface area contributed by atoms with Gasteiger partial charge in [-0.3, -0.25) is 0 Å². The summed E-state index contributed by atoms with van der Waals surface area (Å²) in [4.78, 5) is 0. The lowest BCUT2D eigenvalue weighted by Gasteiger charge is -2.01. The molecule has 0 aromatic rings. The van der Waals surface area contributed by atoms with Crippen molar-refractivity contribution in [3.63, 3.8) is 0 Å². The van der Waals surface area contributed by atoms with Crippen LogP contribution >= 0.6 is 23.2 Å². The Morgan fingerprint density at radius 2 is 2.22 bits per heavy atom. The van der Waals surface area contributed by atoms with Crippen molar-refractivity contribution in [1.29, 1.82) is 0 Å². The molecule has 0 rings (SSSR count). The molecule has 0 heterocycles. The van der Waals surface area contributed by atoms with Gasteiger partial charge in [0.2, 0.25) is 0 Å². The molecule has 0 aliphatic heterocycles. The molecule has 0 spiro atoms. The van der Waals surface area contributed by atoms with Crippen molar-refractivity contribution in [1.82, 2.24) is 0 Å². The highest BCUT2D eigenvalue weighted by molar-refractivity contribution is 6.25. The molecule has 0 aromatic heterocycles. The van der Waals surface area contributed by atoms with E-state index in [-0.39, 0.29) is 0 Å². The van der Waals surface area contributed by atoms with E-state index in [4.69, 9.17) is 23.2 Å². The van der Waals surface area contributed by atoms with Crippen LogP contribution in [0.3, 0.4) is 0 Å². The molecule has 0 radical (unpaired) electrons. The summed E-state index contributed by atoms with van der Waals surface area (Å²) in [5, 5.41) is 0. The number of hydrogen-bond acceptors (Lipinski definition) is 0. The molecule has 2 heteroatoms. The number of halogens is 2. The maximum absolute atomic E-state index is 5.57. The van der Waals surface area contributed by atoms with Crippen LogP contribution in [0.25, 0.3) is 0 Å². The fourth-order valence-corrected chi connectivity index (χ4v) is 0.801. The number of alkyl halides is 1. The highest BCUT2D eigenvalue weighted by Gasteiger charge is 1.95. The summed E-state index contributed by atoms with van der Waals surface area (Å²) < 4.78 is 0. The minimum atomic E-state index is 0.611. The molecule has 0 N–H and O–H groups in total. The summed E-state index contributed by atoms with van der Waals surface area (Å²) in [6.07, 6.45) is 4.12. The van der Waals surface area contributed by atoms with Crippen LogP contribution in [0.2, 0.25) is 0 Å². The van der Waals surface area contributed by atoms with Gasteiger partial charge in [0.15, 0.2) is 0 Å². The zero-order valence-electron chi connectivity index (χ0n) is 5.61. The minimum Gasteiger partial charge on any atom is -0.126 e. The molecule has 1 atom stereocenters. The molecule has 0 saturated heterocycles. The Morgan fingerprint density at radius 1 is 1.56 bits per heavy atom. The van der Waals surface area contributed by atoms with Crippen molar-refractivity contribution in [2.24, 2.45) is 5.92 Å². The quantitative estimate of drug-likeness (QED) is 0.563. The van der Waals surface area contributed by atoms with Crippen molar-refractivity contribution < 1.29 is 0 Å². The minimum absolute atomic E-state index is 0.611. The zero-order valence-corrected chi connectivity index (χ0v) is 7.12. The van der Waals surface area contributed by atoms with Crippen LogP contribution in [0.5, 0.6) is 0 Å². The molecule has 0 bridgehead atoms. The number of allylic oxidation sites excluding steroid dienone is 1. The second-order valence-electron chi connectivity index (χ2n) is 2.20. The van der Waals surface area contributed by atoms with Crippen molar-refractivity contribution in [2.75, 3.05) is 5.88 Å². The summed E-state index contributed by atoms with van der Waals surface area (Å²) >= 11 is 10.9. The summed E-state index contributed by atoms with van der Waals surface area (Å²) in [6.45, 7) is 2.13. The average molecular weight is 167 g/mol. The van der Waals surface area contributed by atoms with Crippen LogP contribution in [-0.2, 0) is 0 Å². The smallest absolute Gasteiger partial charge is 0.0249 e. The van der Waals surface area contributed by atoms with Gasteiger partial charge >= 0.3 is 0 Å². The van der Waals surface area contributed by atoms with Crippen molar-refractivity contribution in [2.45, 2.75) is 19.8 Å². The average Bonchev–Trinajstić information content (AvgIpc) is 1.89. The predicted molar refractivity (Wildman–Crippen MR) is 44.1 cm³/mol. The fourth-order valence-electron chi connectivity index (χ4n) is 0.521. The third kappa shape index (κ3) is 6.20. The first-order chi connectivity index (χ1) is 4.31. The summed E-state index contributed by atoms with van der Waals surface area (Å²) in [5.74, 6) is 1.36. The van der Waals surface area contributed by atoms with E-state index in [1.165, 1.54) is 0 Å². The molecule has 0 amide bonds. The fraction of sp³-hybridized carbons (Fsp3) is 0.714. The summed E-state index contributed by atoms with van der Waals surface area (Å²) in [5.41, 5.74) is 1.56. The van der Waals surface area contributed by atoms with E-state index in [1.807, 2.05) is 6.08 Å². The molecule has 1 unspecified atom stereocenters. The van der Waals surface area contributed by atoms with Gasteiger partial charge in [0.25, 0.3) is 0 Å². The molecule has 9 heavy (non-hydrogen) atoms. The van der Waals surface area contributed by atoms with E-state index in [0.29, 0.717) is 5.92 Å².